The van der Waals surface area contributed by atoms with Crippen molar-refractivity contribution in [3.63, 3.8) is 0 Å². The van der Waals surface area contributed by atoms with Gasteiger partial charge in [-0.15, -0.1) is 0 Å². The summed E-state index contributed by atoms with van der Waals surface area (Å²) in [6.07, 6.45) is 0. The summed E-state index contributed by atoms with van der Waals surface area (Å²) in [5, 5.41) is 7.98. The summed E-state index contributed by atoms with van der Waals surface area (Å²) in [7, 11) is 3.72. The molecule has 6 nitrogen and oxygen atoms in total. The molecule has 1 aromatic carbocycles. The Hall–Kier alpha value is -2.08. The lowest BCUT2D eigenvalue weighted by atomic mass is 9.97. The molecule has 0 atom stereocenters. The van der Waals surface area contributed by atoms with Crippen LogP contribution in [-0.2, 0) is 18.5 Å². The van der Waals surface area contributed by atoms with E-state index in [1.54, 1.807) is 7.05 Å². The zero-order chi connectivity index (χ0) is 17.7. The van der Waals surface area contributed by atoms with Crippen molar-refractivity contribution in [3.05, 3.63) is 46.6 Å². The summed E-state index contributed by atoms with van der Waals surface area (Å²) in [6.45, 7) is 7.29. The molecule has 0 aliphatic rings. The van der Waals surface area contributed by atoms with Gasteiger partial charge in [-0.3, -0.25) is 4.99 Å². The summed E-state index contributed by atoms with van der Waals surface area (Å²) < 4.78 is 5.30. The Bertz CT molecular complexity index is 688. The standard InChI is InChI=1S/C17H24ClN5O/c1-17(2,3)15-21-14(22-24-15)10-20-16(19-4)23(5)11-12-6-8-13(18)9-7-12/h6-9H,10-11H2,1-5H3,(H,19,20). The lowest BCUT2D eigenvalue weighted by Gasteiger charge is -2.21. The molecule has 1 aromatic heterocycles. The van der Waals surface area contributed by atoms with Crippen LogP contribution in [0.4, 0.5) is 0 Å². The van der Waals surface area contributed by atoms with E-state index in [0.29, 0.717) is 18.3 Å². The maximum atomic E-state index is 5.92. The van der Waals surface area contributed by atoms with Gasteiger partial charge in [0, 0.05) is 31.1 Å². The highest BCUT2D eigenvalue weighted by molar-refractivity contribution is 6.30. The fourth-order valence-corrected chi connectivity index (χ4v) is 2.24. The molecule has 0 aliphatic carbocycles. The number of halogens is 1. The fourth-order valence-electron chi connectivity index (χ4n) is 2.11. The lowest BCUT2D eigenvalue weighted by molar-refractivity contribution is 0.318. The normalized spacial score (nSPS) is 12.3. The molecular weight excluding hydrogens is 326 g/mol. The molecule has 0 bridgehead atoms. The molecule has 0 unspecified atom stereocenters. The summed E-state index contributed by atoms with van der Waals surface area (Å²) in [5.74, 6) is 2.00. The predicted molar refractivity (Wildman–Crippen MR) is 96.1 cm³/mol. The van der Waals surface area contributed by atoms with E-state index in [4.69, 9.17) is 16.1 Å². The summed E-state index contributed by atoms with van der Waals surface area (Å²) in [4.78, 5) is 10.7. The Morgan fingerprint density at radius 3 is 2.50 bits per heavy atom. The highest BCUT2D eigenvalue weighted by Crippen LogP contribution is 2.19. The maximum absolute atomic E-state index is 5.92. The Morgan fingerprint density at radius 1 is 1.29 bits per heavy atom. The van der Waals surface area contributed by atoms with Gasteiger partial charge < -0.3 is 14.7 Å². The number of aromatic nitrogens is 2. The molecule has 0 aliphatic heterocycles. The molecule has 0 fully saturated rings. The molecule has 1 heterocycles. The SMILES string of the molecule is CN=C(NCc1noc(C(C)(C)C)n1)N(C)Cc1ccc(Cl)cc1. The molecule has 0 saturated heterocycles. The van der Waals surface area contributed by atoms with Crippen LogP contribution in [0.15, 0.2) is 33.8 Å². The fraction of sp³-hybridized carbons (Fsp3) is 0.471. The van der Waals surface area contributed by atoms with Crippen molar-refractivity contribution in [2.45, 2.75) is 39.3 Å². The topological polar surface area (TPSA) is 66.5 Å². The number of nitrogens with zero attached hydrogens (tertiary/aromatic N) is 4. The van der Waals surface area contributed by atoms with E-state index in [1.807, 2.05) is 57.0 Å². The van der Waals surface area contributed by atoms with Crippen LogP contribution in [-0.4, -0.2) is 35.1 Å². The number of aliphatic imine (C=N–C) groups is 1. The van der Waals surface area contributed by atoms with Crippen LogP contribution in [0.25, 0.3) is 0 Å². The van der Waals surface area contributed by atoms with Crippen molar-refractivity contribution in [3.8, 4) is 0 Å². The Morgan fingerprint density at radius 2 is 1.96 bits per heavy atom. The molecule has 2 rings (SSSR count). The van der Waals surface area contributed by atoms with Crippen LogP contribution in [0.2, 0.25) is 5.02 Å². The number of hydrogen-bond donors (Lipinski definition) is 1. The van der Waals surface area contributed by atoms with Gasteiger partial charge >= 0.3 is 0 Å². The van der Waals surface area contributed by atoms with E-state index in [-0.39, 0.29) is 5.41 Å². The van der Waals surface area contributed by atoms with Gasteiger partial charge in [-0.1, -0.05) is 49.7 Å². The van der Waals surface area contributed by atoms with Crippen LogP contribution >= 0.6 is 11.6 Å². The number of hydrogen-bond acceptors (Lipinski definition) is 4. The van der Waals surface area contributed by atoms with Gasteiger partial charge in [-0.25, -0.2) is 0 Å². The number of benzene rings is 1. The molecule has 1 N–H and O–H groups in total. The van der Waals surface area contributed by atoms with Gasteiger partial charge in [0.05, 0.1) is 6.54 Å². The summed E-state index contributed by atoms with van der Waals surface area (Å²) in [6, 6.07) is 7.77. The first-order chi connectivity index (χ1) is 11.3. The minimum absolute atomic E-state index is 0.154. The van der Waals surface area contributed by atoms with Gasteiger partial charge in [0.2, 0.25) is 5.89 Å². The lowest BCUT2D eigenvalue weighted by Crippen LogP contribution is -2.38. The van der Waals surface area contributed by atoms with Crippen LogP contribution in [0, 0.1) is 0 Å². The van der Waals surface area contributed by atoms with E-state index in [9.17, 15) is 0 Å². The first-order valence-corrected chi connectivity index (χ1v) is 8.16. The molecular formula is C17H24ClN5O. The Labute approximate surface area is 147 Å². The van der Waals surface area contributed by atoms with Crippen molar-refractivity contribution < 1.29 is 4.52 Å². The predicted octanol–water partition coefficient (Wildman–Crippen LogP) is 3.23. The minimum Gasteiger partial charge on any atom is -0.349 e. The second kappa shape index (κ2) is 7.66. The number of guanidine groups is 1. The van der Waals surface area contributed by atoms with Crippen LogP contribution in [0.1, 0.15) is 38.0 Å². The quantitative estimate of drug-likeness (QED) is 0.678. The monoisotopic (exact) mass is 349 g/mol. The Balaban J connectivity index is 1.94. The average Bonchev–Trinajstić information content (AvgIpc) is 2.99. The summed E-state index contributed by atoms with van der Waals surface area (Å²) >= 11 is 5.92. The van der Waals surface area contributed by atoms with Crippen LogP contribution in [0.3, 0.4) is 0 Å². The second-order valence-electron chi connectivity index (χ2n) is 6.65. The first kappa shape index (κ1) is 18.3. The van der Waals surface area contributed by atoms with E-state index in [0.717, 1.165) is 23.1 Å². The molecule has 24 heavy (non-hydrogen) atoms. The van der Waals surface area contributed by atoms with Crippen molar-refractivity contribution in [1.82, 2.24) is 20.4 Å². The molecule has 0 radical (unpaired) electrons. The van der Waals surface area contributed by atoms with E-state index in [2.05, 4.69) is 20.4 Å². The van der Waals surface area contributed by atoms with E-state index < -0.39 is 0 Å². The largest absolute Gasteiger partial charge is 0.349 e. The first-order valence-electron chi connectivity index (χ1n) is 7.79. The van der Waals surface area contributed by atoms with Crippen LogP contribution in [0.5, 0.6) is 0 Å². The van der Waals surface area contributed by atoms with Gasteiger partial charge in [-0.2, -0.15) is 4.98 Å². The molecule has 7 heteroatoms. The smallest absolute Gasteiger partial charge is 0.232 e. The average molecular weight is 350 g/mol. The van der Waals surface area contributed by atoms with Gasteiger partial charge in [0.1, 0.15) is 0 Å². The number of nitrogens with one attached hydrogen (secondary N) is 1. The number of rotatable bonds is 4. The van der Waals surface area contributed by atoms with Crippen molar-refractivity contribution in [2.24, 2.45) is 4.99 Å². The highest BCUT2D eigenvalue weighted by Gasteiger charge is 2.21. The highest BCUT2D eigenvalue weighted by atomic mass is 35.5. The third-order valence-corrected chi connectivity index (χ3v) is 3.67. The summed E-state index contributed by atoms with van der Waals surface area (Å²) in [5.41, 5.74) is 0.998. The molecule has 0 spiro atoms. The van der Waals surface area contributed by atoms with Gasteiger partial charge in [0.25, 0.3) is 0 Å². The van der Waals surface area contributed by atoms with E-state index >= 15 is 0 Å². The third-order valence-electron chi connectivity index (χ3n) is 3.42. The van der Waals surface area contributed by atoms with Crippen molar-refractivity contribution >= 4 is 17.6 Å². The van der Waals surface area contributed by atoms with Gasteiger partial charge in [-0.05, 0) is 17.7 Å². The zero-order valence-electron chi connectivity index (χ0n) is 14.8. The third kappa shape index (κ3) is 4.96. The van der Waals surface area contributed by atoms with E-state index in [1.165, 1.54) is 0 Å². The Kier molecular flexibility index (Phi) is 5.83. The molecule has 2 aromatic rings. The van der Waals surface area contributed by atoms with Crippen molar-refractivity contribution in [2.75, 3.05) is 14.1 Å². The molecule has 130 valence electrons. The maximum Gasteiger partial charge on any atom is 0.232 e. The second-order valence-corrected chi connectivity index (χ2v) is 7.09. The minimum atomic E-state index is -0.154. The van der Waals surface area contributed by atoms with Crippen LogP contribution < -0.4 is 5.32 Å². The molecule has 0 amide bonds. The molecule has 0 saturated carbocycles. The zero-order valence-corrected chi connectivity index (χ0v) is 15.6. The van der Waals surface area contributed by atoms with Crippen molar-refractivity contribution in [1.29, 1.82) is 0 Å². The van der Waals surface area contributed by atoms with Gasteiger partial charge in [0.15, 0.2) is 11.8 Å².